The van der Waals surface area contributed by atoms with Crippen LogP contribution in [0.4, 0.5) is 4.79 Å². The van der Waals surface area contributed by atoms with Gasteiger partial charge in [0.05, 0.1) is 6.04 Å². The van der Waals surface area contributed by atoms with Gasteiger partial charge in [0.25, 0.3) is 0 Å². The van der Waals surface area contributed by atoms with Gasteiger partial charge in [-0.15, -0.1) is 0 Å². The Labute approximate surface area is 72.4 Å². The lowest BCUT2D eigenvalue weighted by atomic mass is 10.1. The van der Waals surface area contributed by atoms with Crippen LogP contribution in [0.15, 0.2) is 12.2 Å². The van der Waals surface area contributed by atoms with Gasteiger partial charge < -0.3 is 10.2 Å². The first-order valence-corrected chi connectivity index (χ1v) is 4.49. The number of carbonyl (C=O) groups excluding carboxylic acids is 1. The quantitative estimate of drug-likeness (QED) is 0.537. The Hall–Kier alpha value is -0.990. The Morgan fingerprint density at radius 3 is 3.08 bits per heavy atom. The van der Waals surface area contributed by atoms with Crippen LogP contribution in [0.5, 0.6) is 0 Å². The van der Waals surface area contributed by atoms with E-state index in [1.807, 2.05) is 4.90 Å². The molecule has 12 heavy (non-hydrogen) atoms. The maximum Gasteiger partial charge on any atom is 0.317 e. The molecule has 2 aliphatic heterocycles. The van der Waals surface area contributed by atoms with E-state index >= 15 is 0 Å². The fourth-order valence-corrected chi connectivity index (χ4v) is 2.17. The third-order valence-corrected chi connectivity index (χ3v) is 2.76. The molecule has 2 unspecified atom stereocenters. The standard InChI is InChI=1S/C9H14N2O/c1-10-9(12)11-7-3-2-4-8(11)6-5-7/h2-3,7-8H,4-6H2,1H3,(H,10,12). The van der Waals surface area contributed by atoms with Crippen molar-refractivity contribution in [1.82, 2.24) is 10.2 Å². The van der Waals surface area contributed by atoms with E-state index in [0.717, 1.165) is 19.3 Å². The molecule has 3 nitrogen and oxygen atoms in total. The zero-order chi connectivity index (χ0) is 8.55. The number of rotatable bonds is 0. The predicted molar refractivity (Wildman–Crippen MR) is 46.9 cm³/mol. The third kappa shape index (κ3) is 1.00. The van der Waals surface area contributed by atoms with Crippen molar-refractivity contribution in [2.45, 2.75) is 31.3 Å². The maximum atomic E-state index is 11.4. The smallest absolute Gasteiger partial charge is 0.317 e. The number of fused-ring (bicyclic) bond motifs is 2. The van der Waals surface area contributed by atoms with E-state index in [1.54, 1.807) is 7.05 Å². The van der Waals surface area contributed by atoms with E-state index in [4.69, 9.17) is 0 Å². The predicted octanol–water partition coefficient (Wildman–Crippen LogP) is 1.12. The number of nitrogens with one attached hydrogen (secondary N) is 1. The Kier molecular flexibility index (Phi) is 1.79. The highest BCUT2D eigenvalue weighted by Crippen LogP contribution is 2.31. The molecule has 66 valence electrons. The van der Waals surface area contributed by atoms with Crippen LogP contribution < -0.4 is 5.32 Å². The summed E-state index contributed by atoms with van der Waals surface area (Å²) < 4.78 is 0. The second kappa shape index (κ2) is 2.81. The summed E-state index contributed by atoms with van der Waals surface area (Å²) in [5, 5.41) is 2.69. The minimum atomic E-state index is 0.0758. The van der Waals surface area contributed by atoms with Crippen molar-refractivity contribution in [2.75, 3.05) is 7.05 Å². The molecule has 2 atom stereocenters. The molecule has 2 amide bonds. The number of hydrogen-bond acceptors (Lipinski definition) is 1. The van der Waals surface area contributed by atoms with Gasteiger partial charge in [0.2, 0.25) is 0 Å². The van der Waals surface area contributed by atoms with Crippen molar-refractivity contribution < 1.29 is 4.79 Å². The van der Waals surface area contributed by atoms with Gasteiger partial charge >= 0.3 is 6.03 Å². The number of carbonyl (C=O) groups is 1. The normalized spacial score (nSPS) is 32.2. The minimum absolute atomic E-state index is 0.0758. The van der Waals surface area contributed by atoms with Crippen LogP contribution in [0, 0.1) is 0 Å². The van der Waals surface area contributed by atoms with E-state index < -0.39 is 0 Å². The van der Waals surface area contributed by atoms with Gasteiger partial charge in [-0.05, 0) is 19.3 Å². The molecule has 1 saturated heterocycles. The lowest BCUT2D eigenvalue weighted by Crippen LogP contribution is -2.46. The maximum absolute atomic E-state index is 11.4. The second-order valence-electron chi connectivity index (χ2n) is 3.42. The molecule has 3 heteroatoms. The fourth-order valence-electron chi connectivity index (χ4n) is 2.17. The molecule has 0 aromatic carbocycles. The largest absolute Gasteiger partial charge is 0.341 e. The highest BCUT2D eigenvalue weighted by Gasteiger charge is 2.36. The van der Waals surface area contributed by atoms with Crippen LogP contribution in [0.1, 0.15) is 19.3 Å². The van der Waals surface area contributed by atoms with Crippen LogP contribution in [-0.2, 0) is 0 Å². The highest BCUT2D eigenvalue weighted by molar-refractivity contribution is 5.75. The summed E-state index contributed by atoms with van der Waals surface area (Å²) in [7, 11) is 1.69. The van der Waals surface area contributed by atoms with Gasteiger partial charge in [0, 0.05) is 13.1 Å². The van der Waals surface area contributed by atoms with Crippen molar-refractivity contribution in [3.05, 3.63) is 12.2 Å². The first-order valence-electron chi connectivity index (χ1n) is 4.49. The molecule has 0 aliphatic carbocycles. The summed E-state index contributed by atoms with van der Waals surface area (Å²) in [6.45, 7) is 0. The molecular formula is C9H14N2O. The lowest BCUT2D eigenvalue weighted by molar-refractivity contribution is 0.181. The molecule has 0 spiro atoms. The van der Waals surface area contributed by atoms with Crippen LogP contribution >= 0.6 is 0 Å². The molecule has 0 radical (unpaired) electrons. The SMILES string of the molecule is CNC(=O)N1C2C=CCC1CC2. The van der Waals surface area contributed by atoms with E-state index in [1.165, 1.54) is 0 Å². The summed E-state index contributed by atoms with van der Waals surface area (Å²) in [5.74, 6) is 0. The zero-order valence-electron chi connectivity index (χ0n) is 7.29. The zero-order valence-corrected chi connectivity index (χ0v) is 7.29. The van der Waals surface area contributed by atoms with Crippen LogP contribution in [0.2, 0.25) is 0 Å². The Bertz CT molecular complexity index is 225. The molecule has 2 rings (SSSR count). The number of amides is 2. The molecule has 2 bridgehead atoms. The highest BCUT2D eigenvalue weighted by atomic mass is 16.2. The van der Waals surface area contributed by atoms with Gasteiger partial charge in [-0.2, -0.15) is 0 Å². The van der Waals surface area contributed by atoms with E-state index in [-0.39, 0.29) is 6.03 Å². The van der Waals surface area contributed by atoms with E-state index in [0.29, 0.717) is 12.1 Å². The van der Waals surface area contributed by atoms with Crippen molar-refractivity contribution >= 4 is 6.03 Å². The molecule has 2 heterocycles. The minimum Gasteiger partial charge on any atom is -0.341 e. The topological polar surface area (TPSA) is 32.3 Å². The van der Waals surface area contributed by atoms with Gasteiger partial charge in [0.15, 0.2) is 0 Å². The average Bonchev–Trinajstić information content (AvgIpc) is 2.35. The van der Waals surface area contributed by atoms with Gasteiger partial charge in [-0.25, -0.2) is 4.79 Å². The fraction of sp³-hybridized carbons (Fsp3) is 0.667. The van der Waals surface area contributed by atoms with Crippen LogP contribution in [0.3, 0.4) is 0 Å². The monoisotopic (exact) mass is 166 g/mol. The van der Waals surface area contributed by atoms with Gasteiger partial charge in [-0.3, -0.25) is 0 Å². The van der Waals surface area contributed by atoms with Crippen molar-refractivity contribution in [3.8, 4) is 0 Å². The van der Waals surface area contributed by atoms with E-state index in [2.05, 4.69) is 17.5 Å². The number of urea groups is 1. The lowest BCUT2D eigenvalue weighted by Gasteiger charge is -2.30. The number of hydrogen-bond donors (Lipinski definition) is 1. The summed E-state index contributed by atoms with van der Waals surface area (Å²) in [6, 6.07) is 0.899. The summed E-state index contributed by atoms with van der Waals surface area (Å²) in [6.07, 6.45) is 7.67. The molecule has 1 fully saturated rings. The Morgan fingerprint density at radius 1 is 1.58 bits per heavy atom. The second-order valence-corrected chi connectivity index (χ2v) is 3.42. The molecule has 2 aliphatic rings. The molecule has 0 saturated carbocycles. The Balaban J connectivity index is 2.16. The summed E-state index contributed by atoms with van der Waals surface area (Å²) in [5.41, 5.74) is 0. The molecule has 0 aromatic rings. The summed E-state index contributed by atoms with van der Waals surface area (Å²) >= 11 is 0. The van der Waals surface area contributed by atoms with Crippen molar-refractivity contribution in [1.29, 1.82) is 0 Å². The molecule has 1 N–H and O–H groups in total. The molecule has 0 aromatic heterocycles. The number of nitrogens with zero attached hydrogens (tertiary/aromatic N) is 1. The van der Waals surface area contributed by atoms with Gasteiger partial charge in [0.1, 0.15) is 0 Å². The van der Waals surface area contributed by atoms with Gasteiger partial charge in [-0.1, -0.05) is 12.2 Å². The molecular weight excluding hydrogens is 152 g/mol. The third-order valence-electron chi connectivity index (χ3n) is 2.76. The van der Waals surface area contributed by atoms with Crippen molar-refractivity contribution in [3.63, 3.8) is 0 Å². The first kappa shape index (κ1) is 7.65. The average molecular weight is 166 g/mol. The van der Waals surface area contributed by atoms with Crippen molar-refractivity contribution in [2.24, 2.45) is 0 Å². The Morgan fingerprint density at radius 2 is 2.42 bits per heavy atom. The van der Waals surface area contributed by atoms with Crippen LogP contribution in [0.25, 0.3) is 0 Å². The first-order chi connectivity index (χ1) is 5.83. The van der Waals surface area contributed by atoms with Crippen LogP contribution in [-0.4, -0.2) is 30.1 Å². The summed E-state index contributed by atoms with van der Waals surface area (Å²) in [4.78, 5) is 13.4. The van der Waals surface area contributed by atoms with E-state index in [9.17, 15) is 4.79 Å².